The van der Waals surface area contributed by atoms with E-state index in [0.29, 0.717) is 11.4 Å². The molecule has 21 heavy (non-hydrogen) atoms. The maximum absolute atomic E-state index is 12.4. The maximum Gasteiger partial charge on any atom is 0.265 e. The third kappa shape index (κ3) is 3.17. The number of hydrogen-bond donors (Lipinski definition) is 1. The highest BCUT2D eigenvalue weighted by Gasteiger charge is 2.28. The fourth-order valence-corrected chi connectivity index (χ4v) is 4.45. The summed E-state index contributed by atoms with van der Waals surface area (Å²) < 4.78 is 0. The van der Waals surface area contributed by atoms with Gasteiger partial charge in [0.2, 0.25) is 0 Å². The van der Waals surface area contributed by atoms with E-state index in [9.17, 15) is 9.90 Å². The normalized spacial score (nSPS) is 21.6. The Morgan fingerprint density at radius 1 is 1.52 bits per heavy atom. The summed E-state index contributed by atoms with van der Waals surface area (Å²) in [5.41, 5.74) is 0. The van der Waals surface area contributed by atoms with Crippen molar-refractivity contribution in [3.63, 3.8) is 0 Å². The topological polar surface area (TPSA) is 53.4 Å². The zero-order valence-electron chi connectivity index (χ0n) is 11.9. The molecule has 3 rings (SSSR count). The van der Waals surface area contributed by atoms with Gasteiger partial charge in [-0.2, -0.15) is 0 Å². The number of amides is 1. The Morgan fingerprint density at radius 2 is 2.38 bits per heavy atom. The molecule has 2 unspecified atom stereocenters. The molecule has 0 spiro atoms. The quantitative estimate of drug-likeness (QED) is 0.941. The van der Waals surface area contributed by atoms with E-state index in [4.69, 9.17) is 0 Å². The largest absolute Gasteiger partial charge is 0.393 e. The number of nitrogens with zero attached hydrogens (tertiary/aromatic N) is 2. The van der Waals surface area contributed by atoms with Gasteiger partial charge >= 0.3 is 0 Å². The molecule has 1 amide bonds. The second kappa shape index (κ2) is 6.25. The lowest BCUT2D eigenvalue weighted by Gasteiger charge is -2.22. The average Bonchev–Trinajstić information content (AvgIpc) is 3.18. The van der Waals surface area contributed by atoms with E-state index in [0.717, 1.165) is 29.1 Å². The van der Waals surface area contributed by atoms with E-state index >= 15 is 0 Å². The lowest BCUT2D eigenvalue weighted by molar-refractivity contribution is 0.0697. The van der Waals surface area contributed by atoms with E-state index in [2.05, 4.69) is 4.98 Å². The van der Waals surface area contributed by atoms with Gasteiger partial charge in [0.25, 0.3) is 5.91 Å². The first-order valence-corrected chi connectivity index (χ1v) is 8.78. The molecule has 0 aliphatic heterocycles. The standard InChI is InChI=1S/C15H18N2O2S2/c1-17(9-10-4-2-5-11(10)18)15(19)13-8-16-14(21-13)12-6-3-7-20-12/h3,6-8,10-11,18H,2,4-5,9H2,1H3. The smallest absolute Gasteiger partial charge is 0.265 e. The molecule has 0 saturated heterocycles. The van der Waals surface area contributed by atoms with E-state index in [1.165, 1.54) is 11.3 Å². The first kappa shape index (κ1) is 14.7. The van der Waals surface area contributed by atoms with Crippen LogP contribution < -0.4 is 0 Å². The van der Waals surface area contributed by atoms with E-state index in [1.807, 2.05) is 17.5 Å². The predicted octanol–water partition coefficient (Wildman–Crippen LogP) is 3.10. The molecule has 0 aromatic carbocycles. The Morgan fingerprint density at radius 3 is 3.05 bits per heavy atom. The third-order valence-corrected chi connectivity index (χ3v) is 5.95. The lowest BCUT2D eigenvalue weighted by Crippen LogP contribution is -2.34. The second-order valence-corrected chi connectivity index (χ2v) is 7.43. The van der Waals surface area contributed by atoms with Crippen LogP contribution in [0.1, 0.15) is 28.9 Å². The highest BCUT2D eigenvalue weighted by atomic mass is 32.1. The summed E-state index contributed by atoms with van der Waals surface area (Å²) >= 11 is 3.06. The molecular formula is C15H18N2O2S2. The summed E-state index contributed by atoms with van der Waals surface area (Å²) in [7, 11) is 1.80. The molecular weight excluding hydrogens is 304 g/mol. The molecule has 1 aliphatic carbocycles. The zero-order chi connectivity index (χ0) is 14.8. The Hall–Kier alpha value is -1.24. The summed E-state index contributed by atoms with van der Waals surface area (Å²) in [5, 5.41) is 12.8. The van der Waals surface area contributed by atoms with E-state index in [-0.39, 0.29) is 17.9 Å². The van der Waals surface area contributed by atoms with Crippen molar-refractivity contribution >= 4 is 28.6 Å². The van der Waals surface area contributed by atoms with E-state index in [1.54, 1.807) is 29.5 Å². The van der Waals surface area contributed by atoms with E-state index < -0.39 is 0 Å². The van der Waals surface area contributed by atoms with Crippen LogP contribution in [0.4, 0.5) is 0 Å². The Labute approximate surface area is 132 Å². The van der Waals surface area contributed by atoms with Gasteiger partial charge in [0.1, 0.15) is 9.88 Å². The van der Waals surface area contributed by atoms with Gasteiger partial charge in [-0.05, 0) is 24.3 Å². The molecule has 2 atom stereocenters. The number of rotatable bonds is 4. The first-order valence-electron chi connectivity index (χ1n) is 7.08. The number of carbonyl (C=O) groups excluding carboxylic acids is 1. The van der Waals surface area contributed by atoms with Crippen LogP contribution in [-0.4, -0.2) is 40.6 Å². The summed E-state index contributed by atoms with van der Waals surface area (Å²) in [6.07, 6.45) is 4.31. The number of carbonyl (C=O) groups is 1. The van der Waals surface area contributed by atoms with Gasteiger partial charge in [-0.1, -0.05) is 12.5 Å². The summed E-state index contributed by atoms with van der Waals surface area (Å²) in [4.78, 5) is 20.2. The molecule has 1 fully saturated rings. The van der Waals surface area contributed by atoms with Gasteiger partial charge in [-0.3, -0.25) is 4.79 Å². The van der Waals surface area contributed by atoms with Crippen molar-refractivity contribution in [2.45, 2.75) is 25.4 Å². The van der Waals surface area contributed by atoms with Crippen LogP contribution in [0.25, 0.3) is 9.88 Å². The molecule has 2 aromatic heterocycles. The van der Waals surface area contributed by atoms with Gasteiger partial charge in [-0.15, -0.1) is 22.7 Å². The Bertz CT molecular complexity index is 609. The zero-order valence-corrected chi connectivity index (χ0v) is 13.5. The van der Waals surface area contributed by atoms with Gasteiger partial charge in [0.05, 0.1) is 17.2 Å². The van der Waals surface area contributed by atoms with Crippen molar-refractivity contribution < 1.29 is 9.90 Å². The summed E-state index contributed by atoms with van der Waals surface area (Å²) in [6.45, 7) is 0.617. The number of hydrogen-bond acceptors (Lipinski definition) is 5. The molecule has 0 radical (unpaired) electrons. The van der Waals surface area contributed by atoms with Crippen LogP contribution in [0.15, 0.2) is 23.7 Å². The first-order chi connectivity index (χ1) is 10.1. The average molecular weight is 322 g/mol. The Kier molecular flexibility index (Phi) is 4.37. The SMILES string of the molecule is CN(CC1CCCC1O)C(=O)c1cnc(-c2cccs2)s1. The number of thiazole rings is 1. The van der Waals surface area contributed by atoms with Crippen molar-refractivity contribution in [1.29, 1.82) is 0 Å². The van der Waals surface area contributed by atoms with Crippen LogP contribution >= 0.6 is 22.7 Å². The highest BCUT2D eigenvalue weighted by molar-refractivity contribution is 7.21. The number of aromatic nitrogens is 1. The monoisotopic (exact) mass is 322 g/mol. The molecule has 1 saturated carbocycles. The van der Waals surface area contributed by atoms with Crippen molar-refractivity contribution in [1.82, 2.24) is 9.88 Å². The summed E-state index contributed by atoms with van der Waals surface area (Å²) in [5.74, 6) is 0.207. The number of thiophene rings is 1. The molecule has 4 nitrogen and oxygen atoms in total. The third-order valence-electron chi connectivity index (χ3n) is 3.92. The van der Waals surface area contributed by atoms with Crippen LogP contribution in [0.2, 0.25) is 0 Å². The van der Waals surface area contributed by atoms with Crippen molar-refractivity contribution in [3.8, 4) is 9.88 Å². The number of aliphatic hydroxyl groups excluding tert-OH is 1. The highest BCUT2D eigenvalue weighted by Crippen LogP contribution is 2.30. The minimum Gasteiger partial charge on any atom is -0.393 e. The van der Waals surface area contributed by atoms with Crippen molar-refractivity contribution in [2.75, 3.05) is 13.6 Å². The van der Waals surface area contributed by atoms with Crippen LogP contribution in [0.3, 0.4) is 0 Å². The maximum atomic E-state index is 12.4. The van der Waals surface area contributed by atoms with Gasteiger partial charge in [0.15, 0.2) is 0 Å². The minimum atomic E-state index is -0.261. The van der Waals surface area contributed by atoms with Crippen molar-refractivity contribution in [2.24, 2.45) is 5.92 Å². The fourth-order valence-electron chi connectivity index (χ4n) is 2.74. The molecule has 0 bridgehead atoms. The van der Waals surface area contributed by atoms with Gasteiger partial charge in [-0.25, -0.2) is 4.98 Å². The molecule has 1 aliphatic rings. The van der Waals surface area contributed by atoms with Crippen molar-refractivity contribution in [3.05, 3.63) is 28.6 Å². The lowest BCUT2D eigenvalue weighted by atomic mass is 10.1. The van der Waals surface area contributed by atoms with Crippen LogP contribution in [0.5, 0.6) is 0 Å². The van der Waals surface area contributed by atoms with Gasteiger partial charge < -0.3 is 10.0 Å². The Balaban J connectivity index is 1.67. The summed E-state index contributed by atoms with van der Waals surface area (Å²) in [6, 6.07) is 3.99. The molecule has 2 aromatic rings. The molecule has 2 heterocycles. The van der Waals surface area contributed by atoms with Crippen LogP contribution in [0, 0.1) is 5.92 Å². The van der Waals surface area contributed by atoms with Crippen LogP contribution in [-0.2, 0) is 0 Å². The predicted molar refractivity (Wildman–Crippen MR) is 85.7 cm³/mol. The molecule has 6 heteroatoms. The van der Waals surface area contributed by atoms with Gasteiger partial charge in [0, 0.05) is 19.5 Å². The fraction of sp³-hybridized carbons (Fsp3) is 0.467. The molecule has 112 valence electrons. The number of aliphatic hydroxyl groups is 1. The minimum absolute atomic E-state index is 0.00518. The second-order valence-electron chi connectivity index (χ2n) is 5.45. The molecule has 1 N–H and O–H groups in total.